The van der Waals surface area contributed by atoms with Gasteiger partial charge in [-0.3, -0.25) is 5.10 Å². The molecule has 19 heavy (non-hydrogen) atoms. The quantitative estimate of drug-likeness (QED) is 0.864. The molecule has 0 aliphatic heterocycles. The number of aryl methyl sites for hydroxylation is 1. The van der Waals surface area contributed by atoms with Gasteiger partial charge in [-0.15, -0.1) is 0 Å². The second kappa shape index (κ2) is 4.46. The van der Waals surface area contributed by atoms with Crippen molar-refractivity contribution < 1.29 is 8.42 Å². The highest BCUT2D eigenvalue weighted by atomic mass is 32.2. The van der Waals surface area contributed by atoms with Gasteiger partial charge in [0.1, 0.15) is 10.7 Å². The maximum atomic E-state index is 12.5. The minimum atomic E-state index is -3.50. The van der Waals surface area contributed by atoms with Crippen molar-refractivity contribution in [2.45, 2.75) is 30.3 Å². The molecule has 0 aromatic carbocycles. The van der Waals surface area contributed by atoms with Crippen LogP contribution in [0.1, 0.15) is 18.7 Å². The van der Waals surface area contributed by atoms with Crippen molar-refractivity contribution in [3.05, 3.63) is 30.6 Å². The lowest BCUT2D eigenvalue weighted by Crippen LogP contribution is -2.33. The Balaban J connectivity index is 1.92. The number of nitrogens with one attached hydrogen (secondary N) is 1. The minimum Gasteiger partial charge on any atom is -0.337 e. The lowest BCUT2D eigenvalue weighted by Gasteiger charge is -2.20. The van der Waals surface area contributed by atoms with Crippen LogP contribution in [0.5, 0.6) is 0 Å². The van der Waals surface area contributed by atoms with Crippen LogP contribution in [0, 0.1) is 0 Å². The Kier molecular flexibility index (Phi) is 2.90. The van der Waals surface area contributed by atoms with E-state index in [1.807, 2.05) is 17.8 Å². The lowest BCUT2D eigenvalue weighted by atomic mass is 10.5. The molecule has 1 aliphatic rings. The molecule has 3 rings (SSSR count). The summed E-state index contributed by atoms with van der Waals surface area (Å²) in [5.41, 5.74) is 0. The van der Waals surface area contributed by atoms with Crippen LogP contribution in [0.2, 0.25) is 0 Å². The van der Waals surface area contributed by atoms with E-state index in [-0.39, 0.29) is 10.9 Å². The summed E-state index contributed by atoms with van der Waals surface area (Å²) < 4.78 is 28.4. The summed E-state index contributed by atoms with van der Waals surface area (Å²) in [6.07, 6.45) is 8.03. The monoisotopic (exact) mass is 281 g/mol. The summed E-state index contributed by atoms with van der Waals surface area (Å²) in [6.45, 7) is 0.293. The highest BCUT2D eigenvalue weighted by Crippen LogP contribution is 2.32. The molecule has 1 N–H and O–H groups in total. The van der Waals surface area contributed by atoms with E-state index >= 15 is 0 Å². The van der Waals surface area contributed by atoms with Crippen molar-refractivity contribution in [1.82, 2.24) is 24.1 Å². The molecule has 7 nitrogen and oxygen atoms in total. The zero-order chi connectivity index (χ0) is 13.5. The summed E-state index contributed by atoms with van der Waals surface area (Å²) >= 11 is 0. The standard InChI is InChI=1S/C11H15N5O2S/c1-15-5-4-12-11(15)8-16(9-2-3-9)19(17,18)10-6-13-14-7-10/h4-7,9H,2-3,8H2,1H3,(H,13,14). The summed E-state index contributed by atoms with van der Waals surface area (Å²) in [6, 6.07) is 0.0802. The molecule has 0 unspecified atom stereocenters. The fourth-order valence-electron chi connectivity index (χ4n) is 1.98. The van der Waals surface area contributed by atoms with Crippen molar-refractivity contribution in [2.75, 3.05) is 0 Å². The van der Waals surface area contributed by atoms with E-state index in [1.165, 1.54) is 16.7 Å². The highest BCUT2D eigenvalue weighted by Gasteiger charge is 2.39. The molecule has 0 saturated heterocycles. The number of H-pyrrole nitrogens is 1. The number of sulfonamides is 1. The van der Waals surface area contributed by atoms with Crippen LogP contribution in [0.25, 0.3) is 0 Å². The van der Waals surface area contributed by atoms with Crippen LogP contribution < -0.4 is 0 Å². The SMILES string of the molecule is Cn1ccnc1CN(C1CC1)S(=O)(=O)c1cn[nH]c1. The van der Waals surface area contributed by atoms with Crippen molar-refractivity contribution in [1.29, 1.82) is 0 Å². The first kappa shape index (κ1) is 12.4. The van der Waals surface area contributed by atoms with Crippen LogP contribution in [-0.4, -0.2) is 38.5 Å². The van der Waals surface area contributed by atoms with Crippen molar-refractivity contribution in [3.63, 3.8) is 0 Å². The molecule has 0 amide bonds. The Bertz CT molecular complexity index is 657. The maximum absolute atomic E-state index is 12.5. The normalized spacial score (nSPS) is 16.1. The number of aromatic nitrogens is 4. The predicted octanol–water partition coefficient (Wildman–Crippen LogP) is 0.496. The number of aromatic amines is 1. The number of imidazole rings is 1. The molecular weight excluding hydrogens is 266 g/mol. The van der Waals surface area contributed by atoms with Gasteiger partial charge in [0.05, 0.1) is 12.7 Å². The zero-order valence-corrected chi connectivity index (χ0v) is 11.3. The third-order valence-electron chi connectivity index (χ3n) is 3.25. The largest absolute Gasteiger partial charge is 0.337 e. The Morgan fingerprint density at radius 2 is 2.32 bits per heavy atom. The molecule has 8 heteroatoms. The van der Waals surface area contributed by atoms with Gasteiger partial charge in [-0.05, 0) is 12.8 Å². The van der Waals surface area contributed by atoms with Crippen LogP contribution in [0.15, 0.2) is 29.7 Å². The van der Waals surface area contributed by atoms with E-state index in [4.69, 9.17) is 0 Å². The minimum absolute atomic E-state index is 0.0802. The topological polar surface area (TPSA) is 83.9 Å². The van der Waals surface area contributed by atoms with Gasteiger partial charge in [-0.25, -0.2) is 13.4 Å². The number of hydrogen-bond donors (Lipinski definition) is 1. The Morgan fingerprint density at radius 1 is 1.53 bits per heavy atom. The fourth-order valence-corrected chi connectivity index (χ4v) is 3.52. The average molecular weight is 281 g/mol. The van der Waals surface area contributed by atoms with E-state index in [9.17, 15) is 8.42 Å². The molecule has 0 bridgehead atoms. The number of rotatable bonds is 5. The van der Waals surface area contributed by atoms with E-state index < -0.39 is 10.0 Å². The second-order valence-corrected chi connectivity index (χ2v) is 6.56. The van der Waals surface area contributed by atoms with Gasteiger partial charge in [0.2, 0.25) is 10.0 Å². The molecule has 0 radical (unpaired) electrons. The summed E-state index contributed by atoms with van der Waals surface area (Å²) in [7, 11) is -1.64. The molecule has 2 aromatic rings. The van der Waals surface area contributed by atoms with E-state index in [0.29, 0.717) is 6.54 Å². The first-order chi connectivity index (χ1) is 9.09. The van der Waals surface area contributed by atoms with Crippen molar-refractivity contribution in [2.24, 2.45) is 7.05 Å². The summed E-state index contributed by atoms with van der Waals surface area (Å²) in [4.78, 5) is 4.40. The zero-order valence-electron chi connectivity index (χ0n) is 10.5. The number of nitrogens with zero attached hydrogens (tertiary/aromatic N) is 4. The van der Waals surface area contributed by atoms with Crippen molar-refractivity contribution in [3.8, 4) is 0 Å². The lowest BCUT2D eigenvalue weighted by molar-refractivity contribution is 0.385. The first-order valence-electron chi connectivity index (χ1n) is 6.06. The third kappa shape index (κ3) is 2.28. The highest BCUT2D eigenvalue weighted by molar-refractivity contribution is 7.89. The molecule has 2 aromatic heterocycles. The average Bonchev–Trinajstić information content (AvgIpc) is 2.90. The number of hydrogen-bond acceptors (Lipinski definition) is 4. The second-order valence-electron chi connectivity index (χ2n) is 4.67. The van der Waals surface area contributed by atoms with Gasteiger partial charge in [0.15, 0.2) is 0 Å². The fraction of sp³-hybridized carbons (Fsp3) is 0.455. The Morgan fingerprint density at radius 3 is 2.84 bits per heavy atom. The van der Waals surface area contributed by atoms with Gasteiger partial charge in [-0.2, -0.15) is 9.40 Å². The van der Waals surface area contributed by atoms with E-state index in [1.54, 1.807) is 6.20 Å². The third-order valence-corrected chi connectivity index (χ3v) is 5.12. The molecule has 0 spiro atoms. The van der Waals surface area contributed by atoms with E-state index in [0.717, 1.165) is 18.7 Å². The van der Waals surface area contributed by atoms with Crippen LogP contribution >= 0.6 is 0 Å². The van der Waals surface area contributed by atoms with Crippen molar-refractivity contribution >= 4 is 10.0 Å². The van der Waals surface area contributed by atoms with Crippen LogP contribution in [-0.2, 0) is 23.6 Å². The molecule has 1 fully saturated rings. The van der Waals surface area contributed by atoms with Gasteiger partial charge >= 0.3 is 0 Å². The maximum Gasteiger partial charge on any atom is 0.246 e. The van der Waals surface area contributed by atoms with Crippen LogP contribution in [0.4, 0.5) is 0 Å². The predicted molar refractivity (Wildman–Crippen MR) is 67.5 cm³/mol. The molecule has 0 atom stereocenters. The van der Waals surface area contributed by atoms with Gasteiger partial charge in [0, 0.05) is 31.7 Å². The molecular formula is C11H15N5O2S. The smallest absolute Gasteiger partial charge is 0.246 e. The van der Waals surface area contributed by atoms with E-state index in [2.05, 4.69) is 15.2 Å². The molecule has 102 valence electrons. The molecule has 2 heterocycles. The van der Waals surface area contributed by atoms with Gasteiger partial charge in [0.25, 0.3) is 0 Å². The molecule has 1 saturated carbocycles. The van der Waals surface area contributed by atoms with Gasteiger partial charge < -0.3 is 4.57 Å². The Hall–Kier alpha value is -1.67. The van der Waals surface area contributed by atoms with Gasteiger partial charge in [-0.1, -0.05) is 0 Å². The summed E-state index contributed by atoms with van der Waals surface area (Å²) in [5.74, 6) is 0.735. The first-order valence-corrected chi connectivity index (χ1v) is 7.50. The van der Waals surface area contributed by atoms with Crippen LogP contribution in [0.3, 0.4) is 0 Å². The Labute approximate surface area is 111 Å². The molecule has 1 aliphatic carbocycles. The summed E-state index contributed by atoms with van der Waals surface area (Å²) in [5, 5.41) is 6.26.